The zero-order valence-electron chi connectivity index (χ0n) is 18.3. The van der Waals surface area contributed by atoms with Crippen molar-refractivity contribution in [3.05, 3.63) is 22.9 Å². The Bertz CT molecular complexity index is 761. The van der Waals surface area contributed by atoms with Crippen molar-refractivity contribution >= 4 is 17.8 Å². The summed E-state index contributed by atoms with van der Waals surface area (Å²) in [7, 11) is 1.32. The van der Waals surface area contributed by atoms with Gasteiger partial charge in [0.1, 0.15) is 29.0 Å². The molecule has 2 fully saturated rings. The number of nitrogens with one attached hydrogen (secondary N) is 1. The minimum atomic E-state index is -0.486. The third-order valence-corrected chi connectivity index (χ3v) is 6.31. The molecule has 2 aliphatic rings. The van der Waals surface area contributed by atoms with Crippen molar-refractivity contribution in [1.82, 2.24) is 0 Å². The van der Waals surface area contributed by atoms with E-state index in [1.165, 1.54) is 13.5 Å². The Morgan fingerprint density at radius 2 is 1.87 bits per heavy atom. The number of carbonyl (C=O) groups excluding carboxylic acids is 2. The minimum Gasteiger partial charge on any atom is -0.465 e. The van der Waals surface area contributed by atoms with Crippen LogP contribution in [-0.4, -0.2) is 62.0 Å². The van der Waals surface area contributed by atoms with Crippen LogP contribution in [0.5, 0.6) is 0 Å². The topological polar surface area (TPSA) is 107 Å². The molecule has 1 aromatic rings. The van der Waals surface area contributed by atoms with Gasteiger partial charge in [0.25, 0.3) is 5.82 Å². The van der Waals surface area contributed by atoms with E-state index in [2.05, 4.69) is 15.2 Å². The van der Waals surface area contributed by atoms with Crippen LogP contribution in [0.15, 0.2) is 6.07 Å². The monoisotopic (exact) mass is 421 g/mol. The lowest BCUT2D eigenvalue weighted by Gasteiger charge is -2.32. The highest BCUT2D eigenvalue weighted by molar-refractivity contribution is 5.98. The largest absolute Gasteiger partial charge is 0.465 e. The first-order valence-corrected chi connectivity index (χ1v) is 11.0. The van der Waals surface area contributed by atoms with Crippen LogP contribution in [0.1, 0.15) is 71.9 Å². The summed E-state index contributed by atoms with van der Waals surface area (Å²) < 4.78 is 10.1. The molecule has 4 N–H and O–H groups in total. The lowest BCUT2D eigenvalue weighted by molar-refractivity contribution is -0.731. The standard InChI is InChI=1S/C22H33N3O5/c1-4-30-22(28)17-13-16(21(27)29-3)14(2)23-20(17)25-11-9-15(10-12-25)24-18-7-5-6-8-19(18)26/h13,15,18-19,24,26H,4-12H2,1-3H3/p+2/t18-,19+/m1/s1. The zero-order chi connectivity index (χ0) is 21.7. The van der Waals surface area contributed by atoms with Crippen molar-refractivity contribution < 1.29 is 34.5 Å². The number of aliphatic hydroxyl groups is 1. The fraction of sp³-hybridized carbons (Fsp3) is 0.682. The van der Waals surface area contributed by atoms with Crippen LogP contribution in [0.25, 0.3) is 0 Å². The minimum absolute atomic E-state index is 0.200. The van der Waals surface area contributed by atoms with E-state index in [9.17, 15) is 14.7 Å². The van der Waals surface area contributed by atoms with E-state index in [-0.39, 0.29) is 12.7 Å². The third kappa shape index (κ3) is 5.10. The number of ether oxygens (including phenoxy) is 2. The molecule has 2 heterocycles. The number of hydrogen-bond donors (Lipinski definition) is 2. The second-order valence-electron chi connectivity index (χ2n) is 8.31. The highest BCUT2D eigenvalue weighted by atomic mass is 16.5. The number of hydrogen-bond acceptors (Lipinski definition) is 6. The number of piperidine rings is 1. The molecule has 0 amide bonds. The quantitative estimate of drug-likeness (QED) is 0.652. The molecule has 2 atom stereocenters. The molecule has 0 aromatic carbocycles. The molecule has 1 saturated carbocycles. The number of aromatic amines is 1. The fourth-order valence-corrected chi connectivity index (χ4v) is 4.60. The van der Waals surface area contributed by atoms with Gasteiger partial charge in [-0.25, -0.2) is 14.6 Å². The zero-order valence-corrected chi connectivity index (χ0v) is 18.3. The van der Waals surface area contributed by atoms with Crippen molar-refractivity contribution in [2.75, 3.05) is 31.7 Å². The summed E-state index contributed by atoms with van der Waals surface area (Å²) in [4.78, 5) is 30.1. The highest BCUT2D eigenvalue weighted by Crippen LogP contribution is 2.23. The number of aliphatic hydroxyl groups excluding tert-OH is 1. The van der Waals surface area contributed by atoms with Crippen LogP contribution in [0.2, 0.25) is 0 Å². The van der Waals surface area contributed by atoms with Crippen LogP contribution in [0.4, 0.5) is 5.82 Å². The van der Waals surface area contributed by atoms with Crippen molar-refractivity contribution in [2.24, 2.45) is 0 Å². The van der Waals surface area contributed by atoms with Crippen LogP contribution < -0.4 is 15.2 Å². The Hall–Kier alpha value is -2.19. The Morgan fingerprint density at radius 1 is 1.17 bits per heavy atom. The third-order valence-electron chi connectivity index (χ3n) is 6.31. The molecule has 1 aromatic heterocycles. The summed E-state index contributed by atoms with van der Waals surface area (Å²) in [6.45, 7) is 5.42. The molecule has 1 aliphatic heterocycles. The van der Waals surface area contributed by atoms with Gasteiger partial charge in [-0.05, 0) is 32.8 Å². The fourth-order valence-electron chi connectivity index (χ4n) is 4.60. The lowest BCUT2D eigenvalue weighted by Crippen LogP contribution is -2.98. The van der Waals surface area contributed by atoms with E-state index in [1.54, 1.807) is 19.9 Å². The Labute approximate surface area is 177 Å². The molecule has 8 heteroatoms. The van der Waals surface area contributed by atoms with Gasteiger partial charge in [0, 0.05) is 19.3 Å². The van der Waals surface area contributed by atoms with Crippen molar-refractivity contribution in [3.8, 4) is 0 Å². The van der Waals surface area contributed by atoms with E-state index in [0.717, 1.165) is 45.2 Å². The van der Waals surface area contributed by atoms with Crippen LogP contribution in [-0.2, 0) is 9.47 Å². The van der Waals surface area contributed by atoms with E-state index in [0.29, 0.717) is 34.7 Å². The van der Waals surface area contributed by atoms with E-state index < -0.39 is 11.9 Å². The summed E-state index contributed by atoms with van der Waals surface area (Å²) in [5, 5.41) is 12.6. The van der Waals surface area contributed by atoms with Crippen molar-refractivity contribution in [3.63, 3.8) is 0 Å². The second kappa shape index (κ2) is 10.2. The summed E-state index contributed by atoms with van der Waals surface area (Å²) >= 11 is 0. The van der Waals surface area contributed by atoms with Gasteiger partial charge in [0.05, 0.1) is 32.8 Å². The highest BCUT2D eigenvalue weighted by Gasteiger charge is 2.35. The normalized spacial score (nSPS) is 22.6. The number of aryl methyl sites for hydroxylation is 1. The molecule has 1 saturated heterocycles. The number of anilines is 1. The van der Waals surface area contributed by atoms with Crippen LogP contribution in [0.3, 0.4) is 0 Å². The maximum atomic E-state index is 12.6. The smallest absolute Gasteiger partial charge is 0.346 e. The predicted octanol–water partition coefficient (Wildman–Crippen LogP) is 0.608. The average molecular weight is 422 g/mol. The second-order valence-corrected chi connectivity index (χ2v) is 8.31. The number of pyridine rings is 1. The Balaban J connectivity index is 1.74. The van der Waals surface area contributed by atoms with Gasteiger partial charge in [0.15, 0.2) is 0 Å². The van der Waals surface area contributed by atoms with E-state index >= 15 is 0 Å². The first-order chi connectivity index (χ1) is 14.4. The Kier molecular flexibility index (Phi) is 7.66. The predicted molar refractivity (Wildman–Crippen MR) is 110 cm³/mol. The maximum absolute atomic E-state index is 12.6. The van der Waals surface area contributed by atoms with Gasteiger partial charge in [-0.3, -0.25) is 4.90 Å². The van der Waals surface area contributed by atoms with Gasteiger partial charge >= 0.3 is 11.9 Å². The van der Waals surface area contributed by atoms with Crippen molar-refractivity contribution in [2.45, 2.75) is 70.6 Å². The number of carbonyl (C=O) groups is 2. The maximum Gasteiger partial charge on any atom is 0.346 e. The number of H-pyrrole nitrogens is 1. The van der Waals surface area contributed by atoms with E-state index in [1.807, 2.05) is 0 Å². The molecule has 0 bridgehead atoms. The molecule has 0 spiro atoms. The van der Waals surface area contributed by atoms with Gasteiger partial charge in [0.2, 0.25) is 0 Å². The molecule has 3 rings (SSSR count). The van der Waals surface area contributed by atoms with Gasteiger partial charge in [-0.15, -0.1) is 0 Å². The number of aromatic nitrogens is 1. The summed E-state index contributed by atoms with van der Waals surface area (Å²) in [5.74, 6) is -0.247. The van der Waals surface area contributed by atoms with Gasteiger partial charge in [-0.1, -0.05) is 6.42 Å². The molecule has 8 nitrogen and oxygen atoms in total. The van der Waals surface area contributed by atoms with Gasteiger partial charge < -0.3 is 19.9 Å². The number of nitrogens with zero attached hydrogens (tertiary/aromatic N) is 1. The molecule has 166 valence electrons. The first kappa shape index (κ1) is 22.5. The molecular formula is C22H35N3O5+2. The first-order valence-electron chi connectivity index (χ1n) is 11.0. The summed E-state index contributed by atoms with van der Waals surface area (Å²) in [5.41, 5.74) is 1.34. The number of nitrogens with two attached hydrogens (primary N) is 1. The average Bonchev–Trinajstić information content (AvgIpc) is 2.75. The number of quaternary nitrogens is 1. The summed E-state index contributed by atoms with van der Waals surface area (Å²) in [6, 6.07) is 2.35. The van der Waals surface area contributed by atoms with Crippen LogP contribution >= 0.6 is 0 Å². The number of esters is 2. The summed E-state index contributed by atoms with van der Waals surface area (Å²) in [6.07, 6.45) is 6.04. The lowest BCUT2D eigenvalue weighted by atomic mass is 9.91. The van der Waals surface area contributed by atoms with Crippen LogP contribution in [0, 0.1) is 6.92 Å². The molecule has 0 unspecified atom stereocenters. The molecular weight excluding hydrogens is 386 g/mol. The van der Waals surface area contributed by atoms with Crippen molar-refractivity contribution in [1.29, 1.82) is 0 Å². The molecule has 0 radical (unpaired) electrons. The SMILES string of the molecule is CCOC(=O)c1cc(C(=O)OC)c(C)[nH+]c1N1CCC([NH2+][C@@H]2CCCC[C@@H]2O)CC1. The van der Waals surface area contributed by atoms with Gasteiger partial charge in [-0.2, -0.15) is 0 Å². The van der Waals surface area contributed by atoms with E-state index in [4.69, 9.17) is 9.47 Å². The Morgan fingerprint density at radius 3 is 2.50 bits per heavy atom. The molecule has 30 heavy (non-hydrogen) atoms. The molecule has 1 aliphatic carbocycles. The number of rotatable bonds is 6. The number of methoxy groups -OCH3 is 1.